The van der Waals surface area contributed by atoms with E-state index in [-0.39, 0.29) is 11.9 Å². The van der Waals surface area contributed by atoms with Crippen molar-refractivity contribution in [2.75, 3.05) is 0 Å². The second-order valence-corrected chi connectivity index (χ2v) is 7.54. The van der Waals surface area contributed by atoms with Gasteiger partial charge in [-0.1, -0.05) is 6.42 Å². The van der Waals surface area contributed by atoms with Crippen molar-refractivity contribution in [3.05, 3.63) is 46.3 Å². The van der Waals surface area contributed by atoms with E-state index < -0.39 is 0 Å². The molecule has 0 radical (unpaired) electrons. The number of rotatable bonds is 3. The molecule has 6 heteroatoms. The predicted octanol–water partition coefficient (Wildman–Crippen LogP) is 4.17. The summed E-state index contributed by atoms with van der Waals surface area (Å²) in [5.74, 6) is 2.61. The molecule has 1 N–H and O–H groups in total. The Morgan fingerprint density at radius 3 is 2.74 bits per heavy atom. The van der Waals surface area contributed by atoms with E-state index >= 15 is 0 Å². The highest BCUT2D eigenvalue weighted by atomic mass is 16.3. The van der Waals surface area contributed by atoms with Gasteiger partial charge in [0.2, 0.25) is 0 Å². The minimum Gasteiger partial charge on any atom is -0.466 e. The number of carbonyl (C=O) groups is 1. The Labute approximate surface area is 159 Å². The van der Waals surface area contributed by atoms with Crippen molar-refractivity contribution < 1.29 is 9.21 Å². The van der Waals surface area contributed by atoms with Crippen molar-refractivity contribution in [3.8, 4) is 0 Å². The number of hydrogen-bond acceptors (Lipinski definition) is 4. The van der Waals surface area contributed by atoms with Gasteiger partial charge in [-0.25, -0.2) is 9.97 Å². The van der Waals surface area contributed by atoms with Gasteiger partial charge in [0.25, 0.3) is 5.91 Å². The van der Waals surface area contributed by atoms with Gasteiger partial charge in [0, 0.05) is 24.2 Å². The maximum Gasteiger partial charge on any atom is 0.254 e. The second-order valence-electron chi connectivity index (χ2n) is 7.54. The molecule has 1 atom stereocenters. The quantitative estimate of drug-likeness (QED) is 0.755. The summed E-state index contributed by atoms with van der Waals surface area (Å²) in [6.45, 7) is 8.67. The van der Waals surface area contributed by atoms with Crippen LogP contribution >= 0.6 is 0 Å². The zero-order valence-electron chi connectivity index (χ0n) is 16.4. The number of pyridine rings is 1. The number of nitrogens with zero attached hydrogens (tertiary/aromatic N) is 3. The van der Waals surface area contributed by atoms with Crippen LogP contribution in [0.2, 0.25) is 0 Å². The molecule has 3 aromatic heterocycles. The van der Waals surface area contributed by atoms with Gasteiger partial charge >= 0.3 is 0 Å². The van der Waals surface area contributed by atoms with Gasteiger partial charge < -0.3 is 14.3 Å². The molecule has 4 rings (SSSR count). The lowest BCUT2D eigenvalue weighted by Gasteiger charge is -2.14. The average Bonchev–Trinajstić information content (AvgIpc) is 3.03. The first kappa shape index (κ1) is 17.8. The van der Waals surface area contributed by atoms with Gasteiger partial charge in [-0.3, -0.25) is 4.79 Å². The summed E-state index contributed by atoms with van der Waals surface area (Å²) < 4.78 is 7.80. The molecule has 1 unspecified atom stereocenters. The highest BCUT2D eigenvalue weighted by Crippen LogP contribution is 2.25. The Hall–Kier alpha value is -2.63. The predicted molar refractivity (Wildman–Crippen MR) is 104 cm³/mol. The van der Waals surface area contributed by atoms with Crippen LogP contribution < -0.4 is 5.32 Å². The van der Waals surface area contributed by atoms with E-state index in [0.29, 0.717) is 11.1 Å². The number of aryl methyl sites for hydroxylation is 5. The van der Waals surface area contributed by atoms with E-state index in [0.717, 1.165) is 60.1 Å². The summed E-state index contributed by atoms with van der Waals surface area (Å²) in [6, 6.07) is 3.68. The third kappa shape index (κ3) is 3.24. The molecule has 0 fully saturated rings. The van der Waals surface area contributed by atoms with Crippen LogP contribution in [0.4, 0.5) is 0 Å². The van der Waals surface area contributed by atoms with Gasteiger partial charge in [-0.15, -0.1) is 0 Å². The maximum atomic E-state index is 13.1. The summed E-state index contributed by atoms with van der Waals surface area (Å²) >= 11 is 0. The number of hydrogen-bond donors (Lipinski definition) is 1. The molecule has 27 heavy (non-hydrogen) atoms. The van der Waals surface area contributed by atoms with Crippen LogP contribution in [0, 0.1) is 20.8 Å². The van der Waals surface area contributed by atoms with Crippen molar-refractivity contribution in [2.45, 2.75) is 66.0 Å². The maximum absolute atomic E-state index is 13.1. The summed E-state index contributed by atoms with van der Waals surface area (Å²) in [7, 11) is 0. The normalized spacial score (nSPS) is 15.4. The van der Waals surface area contributed by atoms with E-state index in [2.05, 4.69) is 9.88 Å². The minimum atomic E-state index is -0.140. The first-order valence-corrected chi connectivity index (χ1v) is 9.68. The molecule has 142 valence electrons. The number of fused-ring (bicyclic) bond motifs is 3. The minimum absolute atomic E-state index is 0.121. The molecule has 4 heterocycles. The third-order valence-electron chi connectivity index (χ3n) is 5.33. The molecule has 6 nitrogen and oxygen atoms in total. The third-order valence-corrected chi connectivity index (χ3v) is 5.33. The zero-order valence-corrected chi connectivity index (χ0v) is 16.4. The largest absolute Gasteiger partial charge is 0.466 e. The molecule has 1 amide bonds. The van der Waals surface area contributed by atoms with Gasteiger partial charge in [-0.05, 0) is 52.7 Å². The monoisotopic (exact) mass is 366 g/mol. The summed E-state index contributed by atoms with van der Waals surface area (Å²) in [4.78, 5) is 22.6. The fourth-order valence-electron chi connectivity index (χ4n) is 4.02. The van der Waals surface area contributed by atoms with E-state index in [1.165, 1.54) is 6.42 Å². The SMILES string of the molecule is Cc1cc(C(=O)NC(C)c2cc(C)oc2C)c2nc3n(c2n1)CCCCC3. The van der Waals surface area contributed by atoms with E-state index in [9.17, 15) is 4.79 Å². The average molecular weight is 366 g/mol. The van der Waals surface area contributed by atoms with Crippen LogP contribution in [-0.4, -0.2) is 20.4 Å². The lowest BCUT2D eigenvalue weighted by Crippen LogP contribution is -2.27. The highest BCUT2D eigenvalue weighted by molar-refractivity contribution is 6.04. The Morgan fingerprint density at radius 2 is 2.00 bits per heavy atom. The smallest absolute Gasteiger partial charge is 0.254 e. The summed E-state index contributed by atoms with van der Waals surface area (Å²) in [6.07, 6.45) is 4.43. The van der Waals surface area contributed by atoms with E-state index in [1.807, 2.05) is 39.8 Å². The highest BCUT2D eigenvalue weighted by Gasteiger charge is 2.22. The Morgan fingerprint density at radius 1 is 1.19 bits per heavy atom. The molecule has 1 aliphatic heterocycles. The van der Waals surface area contributed by atoms with Gasteiger partial charge in [0.15, 0.2) is 5.65 Å². The van der Waals surface area contributed by atoms with Crippen LogP contribution in [0.5, 0.6) is 0 Å². The van der Waals surface area contributed by atoms with Crippen LogP contribution in [0.25, 0.3) is 11.2 Å². The number of imidazole rings is 1. The first-order valence-electron chi connectivity index (χ1n) is 9.68. The zero-order chi connectivity index (χ0) is 19.1. The molecular weight excluding hydrogens is 340 g/mol. The Balaban J connectivity index is 1.70. The topological polar surface area (TPSA) is 73.0 Å². The van der Waals surface area contributed by atoms with E-state index in [4.69, 9.17) is 14.4 Å². The number of nitrogens with one attached hydrogen (secondary N) is 1. The molecule has 1 aliphatic rings. The molecule has 0 saturated carbocycles. The van der Waals surface area contributed by atoms with Crippen molar-refractivity contribution in [2.24, 2.45) is 0 Å². The molecule has 0 spiro atoms. The van der Waals surface area contributed by atoms with Crippen LogP contribution in [0.3, 0.4) is 0 Å². The molecule has 0 aromatic carbocycles. The molecule has 3 aromatic rings. The Kier molecular flexibility index (Phi) is 4.50. The lowest BCUT2D eigenvalue weighted by molar-refractivity contribution is 0.0941. The molecule has 0 aliphatic carbocycles. The number of furan rings is 1. The molecular formula is C21H26N4O2. The summed E-state index contributed by atoms with van der Waals surface area (Å²) in [5.41, 5.74) is 3.98. The molecule has 0 bridgehead atoms. The fourth-order valence-corrected chi connectivity index (χ4v) is 4.02. The van der Waals surface area contributed by atoms with Crippen molar-refractivity contribution in [1.29, 1.82) is 0 Å². The van der Waals surface area contributed by atoms with Crippen LogP contribution in [0.1, 0.15) is 71.2 Å². The van der Waals surface area contributed by atoms with E-state index in [1.54, 1.807) is 0 Å². The van der Waals surface area contributed by atoms with Crippen LogP contribution in [0.15, 0.2) is 16.5 Å². The standard InChI is InChI=1S/C21H26N4O2/c1-12-10-17(21(26)23-14(3)16-11-13(2)27-15(16)4)19-20(22-12)25-9-7-5-6-8-18(25)24-19/h10-11,14H,5-9H2,1-4H3,(H,23,26). The number of aromatic nitrogens is 3. The van der Waals surface area contributed by atoms with Crippen molar-refractivity contribution in [3.63, 3.8) is 0 Å². The Bertz CT molecular complexity index is 1020. The summed E-state index contributed by atoms with van der Waals surface area (Å²) in [5, 5.41) is 3.10. The first-order chi connectivity index (χ1) is 12.9. The van der Waals surface area contributed by atoms with Crippen LogP contribution in [-0.2, 0) is 13.0 Å². The number of carbonyl (C=O) groups excluding carboxylic acids is 1. The van der Waals surface area contributed by atoms with Gasteiger partial charge in [0.1, 0.15) is 22.9 Å². The second kappa shape index (κ2) is 6.83. The van der Waals surface area contributed by atoms with Crippen molar-refractivity contribution >= 4 is 17.1 Å². The molecule has 0 saturated heterocycles. The fraction of sp³-hybridized carbons (Fsp3) is 0.476. The van der Waals surface area contributed by atoms with Gasteiger partial charge in [-0.2, -0.15) is 0 Å². The number of amides is 1. The van der Waals surface area contributed by atoms with Crippen molar-refractivity contribution in [1.82, 2.24) is 19.9 Å². The van der Waals surface area contributed by atoms with Gasteiger partial charge in [0.05, 0.1) is 11.6 Å². The lowest BCUT2D eigenvalue weighted by atomic mass is 10.1.